The first-order valence-corrected chi connectivity index (χ1v) is 8.45. The summed E-state index contributed by atoms with van der Waals surface area (Å²) in [5.74, 6) is 0.782. The number of piperazine rings is 1. The monoisotopic (exact) mass is 370 g/mol. The van der Waals surface area contributed by atoms with Crippen molar-refractivity contribution in [2.45, 2.75) is 0 Å². The minimum Gasteiger partial charge on any atom is -0.497 e. The Morgan fingerprint density at radius 3 is 2.67 bits per heavy atom. The lowest BCUT2D eigenvalue weighted by Gasteiger charge is -2.36. The van der Waals surface area contributed by atoms with Gasteiger partial charge in [0.1, 0.15) is 12.1 Å². The number of fused-ring (bicyclic) bond motifs is 1. The van der Waals surface area contributed by atoms with Gasteiger partial charge in [0.05, 0.1) is 7.11 Å². The molecule has 4 rings (SSSR count). The lowest BCUT2D eigenvalue weighted by molar-refractivity contribution is 0.197. The molecule has 3 heterocycles. The van der Waals surface area contributed by atoms with Gasteiger partial charge in [-0.05, 0) is 12.1 Å². The first-order valence-electron chi connectivity index (χ1n) is 8.45. The molecule has 1 saturated heterocycles. The predicted molar refractivity (Wildman–Crippen MR) is 98.5 cm³/mol. The van der Waals surface area contributed by atoms with Crippen LogP contribution in [0.25, 0.3) is 11.2 Å². The smallest absolute Gasteiger partial charge is 0.331 e. The van der Waals surface area contributed by atoms with E-state index in [1.807, 2.05) is 24.3 Å². The molecular formula is C17H18N6O4. The first-order chi connectivity index (χ1) is 13.1. The van der Waals surface area contributed by atoms with Crippen LogP contribution in [0, 0.1) is 0 Å². The van der Waals surface area contributed by atoms with Crippen LogP contribution in [0.1, 0.15) is 0 Å². The van der Waals surface area contributed by atoms with Crippen LogP contribution in [0.4, 0.5) is 10.5 Å². The fourth-order valence-corrected chi connectivity index (χ4v) is 3.20. The number of carbonyl (C=O) groups excluding carboxylic acids is 1. The van der Waals surface area contributed by atoms with Crippen LogP contribution < -0.4 is 20.9 Å². The molecule has 0 spiro atoms. The summed E-state index contributed by atoms with van der Waals surface area (Å²) in [5, 5.41) is 0. The highest BCUT2D eigenvalue weighted by Gasteiger charge is 2.24. The van der Waals surface area contributed by atoms with E-state index in [1.165, 1.54) is 10.9 Å². The molecule has 0 unspecified atom stereocenters. The average molecular weight is 370 g/mol. The second-order valence-corrected chi connectivity index (χ2v) is 6.18. The van der Waals surface area contributed by atoms with Crippen LogP contribution in [-0.2, 0) is 0 Å². The van der Waals surface area contributed by atoms with Crippen LogP contribution in [0.3, 0.4) is 0 Å². The molecule has 0 radical (unpaired) electrons. The molecule has 10 nitrogen and oxygen atoms in total. The third-order valence-corrected chi connectivity index (χ3v) is 4.62. The van der Waals surface area contributed by atoms with E-state index < -0.39 is 11.2 Å². The number of hydrogen-bond acceptors (Lipinski definition) is 6. The fourth-order valence-electron chi connectivity index (χ4n) is 3.20. The molecule has 0 atom stereocenters. The molecule has 27 heavy (non-hydrogen) atoms. The summed E-state index contributed by atoms with van der Waals surface area (Å²) < 4.78 is 6.46. The second-order valence-electron chi connectivity index (χ2n) is 6.18. The molecule has 3 aromatic rings. The minimum atomic E-state index is -0.676. The molecule has 1 amide bonds. The van der Waals surface area contributed by atoms with Gasteiger partial charge in [0, 0.05) is 37.9 Å². The summed E-state index contributed by atoms with van der Waals surface area (Å²) >= 11 is 0. The van der Waals surface area contributed by atoms with Crippen molar-refractivity contribution in [2.24, 2.45) is 0 Å². The third-order valence-electron chi connectivity index (χ3n) is 4.62. The van der Waals surface area contributed by atoms with Crippen molar-refractivity contribution < 1.29 is 9.53 Å². The number of hydrogen-bond donors (Lipinski definition) is 2. The highest BCUT2D eigenvalue weighted by molar-refractivity contribution is 5.86. The van der Waals surface area contributed by atoms with Crippen molar-refractivity contribution >= 4 is 22.9 Å². The molecule has 2 N–H and O–H groups in total. The van der Waals surface area contributed by atoms with Gasteiger partial charge in [-0.2, -0.15) is 0 Å². The van der Waals surface area contributed by atoms with Gasteiger partial charge in [0.2, 0.25) is 0 Å². The summed E-state index contributed by atoms with van der Waals surface area (Å²) in [6.45, 7) is 2.32. The Hall–Kier alpha value is -3.56. The van der Waals surface area contributed by atoms with E-state index in [0.717, 1.165) is 11.4 Å². The Bertz CT molecular complexity index is 1110. The molecule has 0 saturated carbocycles. The highest BCUT2D eigenvalue weighted by Crippen LogP contribution is 2.22. The lowest BCUT2D eigenvalue weighted by Crippen LogP contribution is -2.50. The van der Waals surface area contributed by atoms with Crippen molar-refractivity contribution in [3.63, 3.8) is 0 Å². The number of methoxy groups -OCH3 is 1. The van der Waals surface area contributed by atoms with E-state index in [1.54, 1.807) is 12.0 Å². The van der Waals surface area contributed by atoms with Crippen molar-refractivity contribution in [3.8, 4) is 5.75 Å². The maximum atomic E-state index is 12.8. The summed E-state index contributed by atoms with van der Waals surface area (Å²) in [5.41, 5.74) is -0.139. The molecule has 1 aliphatic heterocycles. The molecule has 10 heteroatoms. The number of H-pyrrole nitrogens is 2. The molecule has 1 aliphatic rings. The number of aromatic amines is 2. The van der Waals surface area contributed by atoms with Gasteiger partial charge in [0.15, 0.2) is 11.2 Å². The Morgan fingerprint density at radius 2 is 1.93 bits per heavy atom. The van der Waals surface area contributed by atoms with Gasteiger partial charge in [-0.15, -0.1) is 0 Å². The Balaban J connectivity index is 1.52. The van der Waals surface area contributed by atoms with Crippen molar-refractivity contribution in [1.82, 2.24) is 24.4 Å². The summed E-state index contributed by atoms with van der Waals surface area (Å²) in [6.07, 6.45) is 1.26. The largest absolute Gasteiger partial charge is 0.497 e. The molecule has 1 fully saturated rings. The molecule has 0 aliphatic carbocycles. The van der Waals surface area contributed by atoms with Gasteiger partial charge >= 0.3 is 11.7 Å². The number of ether oxygens (including phenoxy) is 1. The van der Waals surface area contributed by atoms with Crippen LogP contribution in [0.2, 0.25) is 0 Å². The van der Waals surface area contributed by atoms with E-state index in [2.05, 4.69) is 19.9 Å². The number of aromatic nitrogens is 4. The maximum absolute atomic E-state index is 12.8. The van der Waals surface area contributed by atoms with Crippen molar-refractivity contribution in [2.75, 3.05) is 38.2 Å². The van der Waals surface area contributed by atoms with Crippen LogP contribution >= 0.6 is 0 Å². The van der Waals surface area contributed by atoms with Crippen LogP contribution in [0.15, 0.2) is 40.2 Å². The van der Waals surface area contributed by atoms with Crippen molar-refractivity contribution in [1.29, 1.82) is 0 Å². The minimum absolute atomic E-state index is 0.0259. The standard InChI is InChI=1S/C17H18N6O4/c1-27-12-4-2-3-11(9-12)21-5-7-22(8-6-21)17(26)23-10-18-13-14(23)19-16(25)20-15(13)24/h2-4,9-10H,5-8H2,1H3,(H2,19,20,24,25). The fraction of sp³-hybridized carbons (Fsp3) is 0.294. The number of benzene rings is 1. The Kier molecular flexibility index (Phi) is 4.15. The van der Waals surface area contributed by atoms with Gasteiger partial charge < -0.3 is 14.5 Å². The number of imidazole rings is 1. The number of rotatable bonds is 2. The van der Waals surface area contributed by atoms with Gasteiger partial charge in [-0.1, -0.05) is 6.07 Å². The maximum Gasteiger partial charge on any atom is 0.331 e. The number of anilines is 1. The zero-order chi connectivity index (χ0) is 19.0. The van der Waals surface area contributed by atoms with E-state index in [-0.39, 0.29) is 17.2 Å². The van der Waals surface area contributed by atoms with E-state index in [9.17, 15) is 14.4 Å². The first kappa shape index (κ1) is 16.9. The summed E-state index contributed by atoms with van der Waals surface area (Å²) in [7, 11) is 1.63. The molecule has 140 valence electrons. The Morgan fingerprint density at radius 1 is 1.15 bits per heavy atom. The SMILES string of the molecule is COc1cccc(N2CCN(C(=O)n3cnc4c(=O)[nH]c(=O)[nH]c43)CC2)c1. The van der Waals surface area contributed by atoms with Gasteiger partial charge in [-0.3, -0.25) is 14.8 Å². The molecule has 2 aromatic heterocycles. The molecule has 1 aromatic carbocycles. The predicted octanol–water partition coefficient (Wildman–Crippen LogP) is 0.212. The number of carbonyl (C=O) groups is 1. The highest BCUT2D eigenvalue weighted by atomic mass is 16.5. The normalized spacial score (nSPS) is 14.6. The van der Waals surface area contributed by atoms with E-state index in [0.29, 0.717) is 26.2 Å². The summed E-state index contributed by atoms with van der Waals surface area (Å²) in [4.78, 5) is 48.4. The zero-order valence-corrected chi connectivity index (χ0v) is 14.6. The van der Waals surface area contributed by atoms with Gasteiger partial charge in [0.25, 0.3) is 5.56 Å². The molecular weight excluding hydrogens is 352 g/mol. The van der Waals surface area contributed by atoms with Crippen LogP contribution in [-0.4, -0.2) is 63.7 Å². The third kappa shape index (κ3) is 3.05. The van der Waals surface area contributed by atoms with E-state index >= 15 is 0 Å². The Labute approximate surface area is 153 Å². The number of nitrogens with zero attached hydrogens (tertiary/aromatic N) is 4. The zero-order valence-electron chi connectivity index (χ0n) is 14.6. The quantitative estimate of drug-likeness (QED) is 0.666. The second kappa shape index (κ2) is 6.63. The number of nitrogens with one attached hydrogen (secondary N) is 2. The lowest BCUT2D eigenvalue weighted by atomic mass is 10.2. The average Bonchev–Trinajstić information content (AvgIpc) is 3.11. The summed E-state index contributed by atoms with van der Waals surface area (Å²) in [6, 6.07) is 7.44. The van der Waals surface area contributed by atoms with Crippen molar-refractivity contribution in [3.05, 3.63) is 51.4 Å². The van der Waals surface area contributed by atoms with Crippen LogP contribution in [0.5, 0.6) is 5.75 Å². The molecule has 0 bridgehead atoms. The van der Waals surface area contributed by atoms with Gasteiger partial charge in [-0.25, -0.2) is 19.1 Å². The van der Waals surface area contributed by atoms with E-state index in [4.69, 9.17) is 4.74 Å². The number of amides is 1. The topological polar surface area (TPSA) is 116 Å².